The SMILES string of the molecule is CCC(C)C1=Cc2c(cccc2-c2ccc(C(C)C)cc2)C1. The van der Waals surface area contributed by atoms with Crippen LogP contribution < -0.4 is 0 Å². The van der Waals surface area contributed by atoms with Crippen molar-refractivity contribution in [1.29, 1.82) is 0 Å². The third-order valence-electron chi connectivity index (χ3n) is 5.05. The summed E-state index contributed by atoms with van der Waals surface area (Å²) in [6.07, 6.45) is 4.79. The lowest BCUT2D eigenvalue weighted by atomic mass is 9.94. The molecule has 22 heavy (non-hydrogen) atoms. The summed E-state index contributed by atoms with van der Waals surface area (Å²) < 4.78 is 0. The topological polar surface area (TPSA) is 0 Å². The molecule has 2 aromatic carbocycles. The fraction of sp³-hybridized carbons (Fsp3) is 0.364. The van der Waals surface area contributed by atoms with Gasteiger partial charge >= 0.3 is 0 Å². The highest BCUT2D eigenvalue weighted by atomic mass is 14.2. The minimum absolute atomic E-state index is 0.590. The zero-order chi connectivity index (χ0) is 15.7. The minimum atomic E-state index is 0.590. The van der Waals surface area contributed by atoms with E-state index in [-0.39, 0.29) is 0 Å². The van der Waals surface area contributed by atoms with Crippen molar-refractivity contribution in [2.75, 3.05) is 0 Å². The summed E-state index contributed by atoms with van der Waals surface area (Å²) in [7, 11) is 0. The molecule has 0 saturated carbocycles. The van der Waals surface area contributed by atoms with Gasteiger partial charge in [-0.3, -0.25) is 0 Å². The fourth-order valence-electron chi connectivity index (χ4n) is 3.27. The van der Waals surface area contributed by atoms with Gasteiger partial charge in [0, 0.05) is 0 Å². The van der Waals surface area contributed by atoms with Gasteiger partial charge in [0.25, 0.3) is 0 Å². The zero-order valence-corrected chi connectivity index (χ0v) is 14.2. The van der Waals surface area contributed by atoms with Crippen molar-refractivity contribution < 1.29 is 0 Å². The molecule has 0 heteroatoms. The third kappa shape index (κ3) is 2.75. The monoisotopic (exact) mass is 290 g/mol. The van der Waals surface area contributed by atoms with Crippen LogP contribution in [0.2, 0.25) is 0 Å². The molecule has 0 saturated heterocycles. The molecule has 1 unspecified atom stereocenters. The lowest BCUT2D eigenvalue weighted by molar-refractivity contribution is 0.647. The molecule has 1 aliphatic carbocycles. The molecule has 1 atom stereocenters. The van der Waals surface area contributed by atoms with Crippen molar-refractivity contribution in [1.82, 2.24) is 0 Å². The Kier molecular flexibility index (Phi) is 4.20. The van der Waals surface area contributed by atoms with E-state index in [4.69, 9.17) is 0 Å². The first-order chi connectivity index (χ1) is 10.6. The van der Waals surface area contributed by atoms with Gasteiger partial charge in [-0.05, 0) is 52.5 Å². The Morgan fingerprint density at radius 2 is 1.68 bits per heavy atom. The molecule has 0 heterocycles. The van der Waals surface area contributed by atoms with Gasteiger partial charge < -0.3 is 0 Å². The number of rotatable bonds is 4. The summed E-state index contributed by atoms with van der Waals surface area (Å²) in [6, 6.07) is 15.9. The average molecular weight is 290 g/mol. The zero-order valence-electron chi connectivity index (χ0n) is 14.2. The van der Waals surface area contributed by atoms with Gasteiger partial charge in [0.15, 0.2) is 0 Å². The van der Waals surface area contributed by atoms with E-state index in [1.165, 1.54) is 34.2 Å². The Labute approximate surface area is 134 Å². The molecule has 3 rings (SSSR count). The molecule has 0 amide bonds. The Morgan fingerprint density at radius 1 is 0.955 bits per heavy atom. The van der Waals surface area contributed by atoms with E-state index in [9.17, 15) is 0 Å². The molecule has 0 bridgehead atoms. The third-order valence-corrected chi connectivity index (χ3v) is 5.05. The molecule has 1 aliphatic rings. The van der Waals surface area contributed by atoms with Crippen LogP contribution in [0.4, 0.5) is 0 Å². The van der Waals surface area contributed by atoms with Crippen LogP contribution in [0, 0.1) is 5.92 Å². The van der Waals surface area contributed by atoms with Gasteiger partial charge in [-0.1, -0.05) is 81.8 Å². The summed E-state index contributed by atoms with van der Waals surface area (Å²) >= 11 is 0. The van der Waals surface area contributed by atoms with E-state index in [2.05, 4.69) is 76.2 Å². The maximum Gasteiger partial charge on any atom is -0.00549 e. The summed E-state index contributed by atoms with van der Waals surface area (Å²) in [6.45, 7) is 9.11. The van der Waals surface area contributed by atoms with E-state index in [1.54, 1.807) is 5.57 Å². The van der Waals surface area contributed by atoms with Crippen LogP contribution in [0.3, 0.4) is 0 Å². The van der Waals surface area contributed by atoms with E-state index < -0.39 is 0 Å². The highest BCUT2D eigenvalue weighted by molar-refractivity contribution is 5.81. The van der Waals surface area contributed by atoms with Crippen molar-refractivity contribution in [2.45, 2.75) is 46.5 Å². The molecular formula is C22H26. The second-order valence-corrected chi connectivity index (χ2v) is 6.86. The van der Waals surface area contributed by atoms with Crippen LogP contribution >= 0.6 is 0 Å². The molecule has 0 aromatic heterocycles. The normalized spacial score (nSPS) is 14.9. The maximum atomic E-state index is 2.44. The van der Waals surface area contributed by atoms with Crippen LogP contribution in [-0.2, 0) is 6.42 Å². The Bertz CT molecular complexity index is 686. The first kappa shape index (κ1) is 15.1. The predicted octanol–water partition coefficient (Wildman–Crippen LogP) is 6.46. The van der Waals surface area contributed by atoms with E-state index in [0.717, 1.165) is 6.42 Å². The van der Waals surface area contributed by atoms with E-state index in [1.807, 2.05) is 0 Å². The van der Waals surface area contributed by atoms with Gasteiger partial charge in [-0.25, -0.2) is 0 Å². The molecule has 0 nitrogen and oxygen atoms in total. The van der Waals surface area contributed by atoms with Gasteiger partial charge in [-0.15, -0.1) is 0 Å². The predicted molar refractivity (Wildman–Crippen MR) is 97.1 cm³/mol. The number of hydrogen-bond acceptors (Lipinski definition) is 0. The number of allylic oxidation sites excluding steroid dienone is 1. The molecule has 0 aliphatic heterocycles. The van der Waals surface area contributed by atoms with Gasteiger partial charge in [-0.2, -0.15) is 0 Å². The van der Waals surface area contributed by atoms with Gasteiger partial charge in [0.2, 0.25) is 0 Å². The number of benzene rings is 2. The smallest absolute Gasteiger partial charge is 0.00549 e. The summed E-state index contributed by atoms with van der Waals surface area (Å²) in [5.41, 5.74) is 8.64. The lowest BCUT2D eigenvalue weighted by Crippen LogP contribution is -1.96. The highest BCUT2D eigenvalue weighted by Gasteiger charge is 2.19. The van der Waals surface area contributed by atoms with Crippen LogP contribution in [0.1, 0.15) is 56.7 Å². The maximum absolute atomic E-state index is 2.44. The Balaban J connectivity index is 2.00. The van der Waals surface area contributed by atoms with E-state index in [0.29, 0.717) is 11.8 Å². The Morgan fingerprint density at radius 3 is 2.32 bits per heavy atom. The second kappa shape index (κ2) is 6.12. The van der Waals surface area contributed by atoms with Crippen molar-refractivity contribution in [3.05, 3.63) is 64.7 Å². The van der Waals surface area contributed by atoms with Crippen molar-refractivity contribution in [3.8, 4) is 11.1 Å². The minimum Gasteiger partial charge on any atom is -0.0648 e. The molecule has 114 valence electrons. The largest absolute Gasteiger partial charge is 0.0648 e. The first-order valence-electron chi connectivity index (χ1n) is 8.52. The van der Waals surface area contributed by atoms with Crippen LogP contribution in [0.25, 0.3) is 17.2 Å². The second-order valence-electron chi connectivity index (χ2n) is 6.86. The molecule has 0 spiro atoms. The van der Waals surface area contributed by atoms with Crippen LogP contribution in [0.15, 0.2) is 48.0 Å². The molecule has 0 N–H and O–H groups in total. The van der Waals surface area contributed by atoms with Crippen LogP contribution in [-0.4, -0.2) is 0 Å². The molecule has 0 radical (unpaired) electrons. The average Bonchev–Trinajstić information content (AvgIpc) is 2.98. The summed E-state index contributed by atoms with van der Waals surface area (Å²) in [5, 5.41) is 0. The summed E-state index contributed by atoms with van der Waals surface area (Å²) in [4.78, 5) is 0. The van der Waals surface area contributed by atoms with Gasteiger partial charge in [0.1, 0.15) is 0 Å². The van der Waals surface area contributed by atoms with E-state index >= 15 is 0 Å². The molecule has 2 aromatic rings. The molecule has 0 fully saturated rings. The van der Waals surface area contributed by atoms with Crippen molar-refractivity contribution >= 4 is 6.08 Å². The summed E-state index contributed by atoms with van der Waals surface area (Å²) in [5.74, 6) is 1.27. The first-order valence-corrected chi connectivity index (χ1v) is 8.52. The van der Waals surface area contributed by atoms with Crippen LogP contribution in [0.5, 0.6) is 0 Å². The number of hydrogen-bond donors (Lipinski definition) is 0. The van der Waals surface area contributed by atoms with Gasteiger partial charge in [0.05, 0.1) is 0 Å². The quantitative estimate of drug-likeness (QED) is 0.606. The molecular weight excluding hydrogens is 264 g/mol. The number of fused-ring (bicyclic) bond motifs is 1. The highest BCUT2D eigenvalue weighted by Crippen LogP contribution is 2.37. The standard InChI is InChI=1S/C22H26/c1-5-16(4)20-13-19-7-6-8-21(22(19)14-20)18-11-9-17(10-12-18)15(2)3/h6-12,14-16H,5,13H2,1-4H3. The van der Waals surface area contributed by atoms with Crippen molar-refractivity contribution in [3.63, 3.8) is 0 Å². The Hall–Kier alpha value is -1.82. The fourth-order valence-corrected chi connectivity index (χ4v) is 3.27. The van der Waals surface area contributed by atoms with Crippen molar-refractivity contribution in [2.24, 2.45) is 5.92 Å². The lowest BCUT2D eigenvalue weighted by Gasteiger charge is -2.10.